The van der Waals surface area contributed by atoms with Crippen molar-refractivity contribution in [2.24, 2.45) is 0 Å². The molecule has 2 aromatic carbocycles. The quantitative estimate of drug-likeness (QED) is 0.406. The summed E-state index contributed by atoms with van der Waals surface area (Å²) in [5.74, 6) is -1.40. The zero-order valence-corrected chi connectivity index (χ0v) is 19.0. The first-order valence-electron chi connectivity index (χ1n) is 10.7. The number of hydrogen-bond donors (Lipinski definition) is 2. The summed E-state index contributed by atoms with van der Waals surface area (Å²) < 4.78 is 71.0. The highest BCUT2D eigenvalue weighted by Gasteiger charge is 2.32. The Morgan fingerprint density at radius 2 is 1.71 bits per heavy atom. The number of rotatable bonds is 9. The van der Waals surface area contributed by atoms with E-state index in [9.17, 15) is 26.7 Å². The summed E-state index contributed by atoms with van der Waals surface area (Å²) in [6.45, 7) is 0. The highest BCUT2D eigenvalue weighted by Crippen LogP contribution is 2.30. The number of alkyl halides is 3. The van der Waals surface area contributed by atoms with E-state index in [0.29, 0.717) is 29.5 Å². The number of benzene rings is 2. The third kappa shape index (κ3) is 6.75. The van der Waals surface area contributed by atoms with E-state index in [1.54, 1.807) is 0 Å². The molecule has 0 saturated carbocycles. The Kier molecular flexibility index (Phi) is 8.39. The SMILES string of the molecule is CNC(=O)C(N[C@H](CCc1ccc(C(F)(F)F)nc1)c1ccc(F)c(OC)c1)c1ccc(F)cc1. The minimum Gasteiger partial charge on any atom is -0.494 e. The maximum Gasteiger partial charge on any atom is 0.433 e. The third-order valence-electron chi connectivity index (χ3n) is 5.49. The van der Waals surface area contributed by atoms with E-state index in [0.717, 1.165) is 12.3 Å². The maximum atomic E-state index is 14.0. The minimum absolute atomic E-state index is 0.00349. The molecular formula is C25H24F5N3O2. The van der Waals surface area contributed by atoms with Gasteiger partial charge in [-0.1, -0.05) is 24.3 Å². The summed E-state index contributed by atoms with van der Waals surface area (Å²) in [7, 11) is 2.79. The molecule has 0 saturated heterocycles. The highest BCUT2D eigenvalue weighted by molar-refractivity contribution is 5.83. The molecule has 35 heavy (non-hydrogen) atoms. The molecule has 10 heteroatoms. The van der Waals surface area contributed by atoms with Gasteiger partial charge in [-0.05, 0) is 59.9 Å². The summed E-state index contributed by atoms with van der Waals surface area (Å²) in [5, 5.41) is 5.78. The number of methoxy groups -OCH3 is 1. The van der Waals surface area contributed by atoms with Gasteiger partial charge < -0.3 is 10.1 Å². The first kappa shape index (κ1) is 26.1. The molecule has 0 radical (unpaired) electrons. The fourth-order valence-electron chi connectivity index (χ4n) is 3.61. The van der Waals surface area contributed by atoms with Crippen molar-refractivity contribution in [2.45, 2.75) is 31.1 Å². The van der Waals surface area contributed by atoms with Gasteiger partial charge in [0.1, 0.15) is 17.6 Å². The van der Waals surface area contributed by atoms with Crippen LogP contribution in [-0.4, -0.2) is 25.0 Å². The molecule has 1 unspecified atom stereocenters. The van der Waals surface area contributed by atoms with Crippen LogP contribution in [0.3, 0.4) is 0 Å². The monoisotopic (exact) mass is 493 g/mol. The number of halogens is 5. The van der Waals surface area contributed by atoms with Gasteiger partial charge in [0.2, 0.25) is 5.91 Å². The van der Waals surface area contributed by atoms with Gasteiger partial charge in [0.05, 0.1) is 7.11 Å². The first-order chi connectivity index (χ1) is 16.6. The lowest BCUT2D eigenvalue weighted by molar-refractivity contribution is -0.141. The maximum absolute atomic E-state index is 14.0. The average Bonchev–Trinajstić information content (AvgIpc) is 2.84. The Hall–Kier alpha value is -3.53. The fraction of sp³-hybridized carbons (Fsp3) is 0.280. The number of aryl methyl sites for hydroxylation is 1. The molecule has 2 atom stereocenters. The molecular weight excluding hydrogens is 469 g/mol. The molecule has 186 valence electrons. The largest absolute Gasteiger partial charge is 0.494 e. The van der Waals surface area contributed by atoms with Gasteiger partial charge in [0, 0.05) is 19.3 Å². The van der Waals surface area contributed by atoms with Crippen LogP contribution in [0, 0.1) is 11.6 Å². The second-order valence-corrected chi connectivity index (χ2v) is 7.80. The van der Waals surface area contributed by atoms with E-state index in [1.165, 1.54) is 62.7 Å². The Morgan fingerprint density at radius 3 is 2.29 bits per heavy atom. The van der Waals surface area contributed by atoms with E-state index in [-0.39, 0.29) is 11.7 Å². The number of amides is 1. The van der Waals surface area contributed by atoms with Crippen LogP contribution in [0.4, 0.5) is 22.0 Å². The van der Waals surface area contributed by atoms with Crippen molar-refractivity contribution in [3.8, 4) is 5.75 Å². The molecule has 0 bridgehead atoms. The van der Waals surface area contributed by atoms with Crippen molar-refractivity contribution in [1.29, 1.82) is 0 Å². The van der Waals surface area contributed by atoms with Crippen LogP contribution >= 0.6 is 0 Å². The van der Waals surface area contributed by atoms with Gasteiger partial charge in [0.25, 0.3) is 0 Å². The predicted octanol–water partition coefficient (Wildman–Crippen LogP) is 5.14. The first-order valence-corrected chi connectivity index (χ1v) is 10.7. The number of hydrogen-bond acceptors (Lipinski definition) is 4. The van der Waals surface area contributed by atoms with E-state index in [1.807, 2.05) is 0 Å². The normalized spacial score (nSPS) is 13.2. The second kappa shape index (κ2) is 11.3. The topological polar surface area (TPSA) is 63.2 Å². The van der Waals surface area contributed by atoms with Gasteiger partial charge in [-0.3, -0.25) is 15.1 Å². The summed E-state index contributed by atoms with van der Waals surface area (Å²) in [6, 6.07) is 10.5. The van der Waals surface area contributed by atoms with Crippen molar-refractivity contribution in [3.05, 3.63) is 94.8 Å². The third-order valence-corrected chi connectivity index (χ3v) is 5.49. The lowest BCUT2D eigenvalue weighted by Crippen LogP contribution is -2.38. The number of pyridine rings is 1. The Balaban J connectivity index is 1.91. The number of carbonyl (C=O) groups excluding carboxylic acids is 1. The van der Waals surface area contributed by atoms with Gasteiger partial charge in [-0.2, -0.15) is 13.2 Å². The van der Waals surface area contributed by atoms with Crippen LogP contribution < -0.4 is 15.4 Å². The number of likely N-dealkylation sites (N-methyl/N-ethyl adjacent to an activating group) is 1. The molecule has 1 heterocycles. The van der Waals surface area contributed by atoms with Gasteiger partial charge >= 0.3 is 6.18 Å². The van der Waals surface area contributed by atoms with Gasteiger partial charge in [0.15, 0.2) is 11.6 Å². The highest BCUT2D eigenvalue weighted by atomic mass is 19.4. The van der Waals surface area contributed by atoms with Crippen molar-refractivity contribution >= 4 is 5.91 Å². The Bertz CT molecular complexity index is 1140. The van der Waals surface area contributed by atoms with Crippen LogP contribution in [0.1, 0.15) is 40.9 Å². The smallest absolute Gasteiger partial charge is 0.433 e. The molecule has 0 aliphatic carbocycles. The summed E-state index contributed by atoms with van der Waals surface area (Å²) in [4.78, 5) is 16.2. The van der Waals surface area contributed by atoms with E-state index >= 15 is 0 Å². The Labute approximate surface area is 199 Å². The van der Waals surface area contributed by atoms with E-state index in [2.05, 4.69) is 15.6 Å². The van der Waals surface area contributed by atoms with Crippen molar-refractivity contribution in [3.63, 3.8) is 0 Å². The van der Waals surface area contributed by atoms with E-state index in [4.69, 9.17) is 4.74 Å². The lowest BCUT2D eigenvalue weighted by atomic mass is 9.96. The van der Waals surface area contributed by atoms with Crippen molar-refractivity contribution < 1.29 is 31.5 Å². The molecule has 5 nitrogen and oxygen atoms in total. The zero-order valence-electron chi connectivity index (χ0n) is 19.0. The minimum atomic E-state index is -4.54. The van der Waals surface area contributed by atoms with Gasteiger partial charge in [-0.25, -0.2) is 8.78 Å². The number of nitrogens with one attached hydrogen (secondary N) is 2. The Morgan fingerprint density at radius 1 is 1.03 bits per heavy atom. The van der Waals surface area contributed by atoms with Crippen LogP contribution in [0.15, 0.2) is 60.8 Å². The molecule has 0 aliphatic heterocycles. The molecule has 0 aliphatic rings. The predicted molar refractivity (Wildman–Crippen MR) is 120 cm³/mol. The van der Waals surface area contributed by atoms with Crippen LogP contribution in [0.2, 0.25) is 0 Å². The lowest BCUT2D eigenvalue weighted by Gasteiger charge is -2.26. The summed E-state index contributed by atoms with van der Waals surface area (Å²) >= 11 is 0. The second-order valence-electron chi connectivity index (χ2n) is 7.80. The van der Waals surface area contributed by atoms with Crippen LogP contribution in [0.25, 0.3) is 0 Å². The van der Waals surface area contributed by atoms with Crippen molar-refractivity contribution in [1.82, 2.24) is 15.6 Å². The number of aromatic nitrogens is 1. The summed E-state index contributed by atoms with van der Waals surface area (Å²) in [5.41, 5.74) is 0.660. The molecule has 1 aromatic heterocycles. The molecule has 1 amide bonds. The zero-order chi connectivity index (χ0) is 25.6. The van der Waals surface area contributed by atoms with Crippen molar-refractivity contribution in [2.75, 3.05) is 14.2 Å². The summed E-state index contributed by atoms with van der Waals surface area (Å²) in [6.07, 6.45) is -2.74. The number of nitrogens with zero attached hydrogens (tertiary/aromatic N) is 1. The fourth-order valence-corrected chi connectivity index (χ4v) is 3.61. The van der Waals surface area contributed by atoms with E-state index < -0.39 is 35.6 Å². The molecule has 0 fully saturated rings. The number of ether oxygens (including phenoxy) is 1. The molecule has 3 aromatic rings. The van der Waals surface area contributed by atoms with Gasteiger partial charge in [-0.15, -0.1) is 0 Å². The number of carbonyl (C=O) groups is 1. The van der Waals surface area contributed by atoms with Crippen LogP contribution in [-0.2, 0) is 17.4 Å². The average molecular weight is 493 g/mol. The van der Waals surface area contributed by atoms with Crippen LogP contribution in [0.5, 0.6) is 5.75 Å². The standard InChI is InChI=1S/C25H24F5N3O2/c1-31-24(34)23(16-5-8-18(26)9-6-16)33-20(17-7-10-19(27)21(13-17)35-2)11-3-15-4-12-22(32-14-15)25(28,29)30/h4-10,12-14,20,23,33H,3,11H2,1-2H3,(H,31,34)/t20-,23?/m1/s1. The molecule has 2 N–H and O–H groups in total. The molecule has 3 rings (SSSR count). The molecule has 0 spiro atoms.